The van der Waals surface area contributed by atoms with E-state index in [1.807, 2.05) is 0 Å². The van der Waals surface area contributed by atoms with Crippen molar-refractivity contribution in [3.8, 4) is 0 Å². The largest absolute Gasteiger partial charge is 0.466 e. The molecule has 3 N–H and O–H groups in total. The van der Waals surface area contributed by atoms with Gasteiger partial charge in [-0.2, -0.15) is 0 Å². The summed E-state index contributed by atoms with van der Waals surface area (Å²) in [5, 5.41) is 23.1. The number of carbonyl (C=O) groups excluding carboxylic acids is 2. The molecule has 6 heteroatoms. The molecule has 306 valence electrons. The molecule has 0 saturated heterocycles. The van der Waals surface area contributed by atoms with Crippen LogP contribution in [0.15, 0.2) is 24.3 Å². The molecule has 6 nitrogen and oxygen atoms in total. The van der Waals surface area contributed by atoms with E-state index in [0.717, 1.165) is 70.6 Å². The summed E-state index contributed by atoms with van der Waals surface area (Å²) in [6.07, 6.45) is 47.0. The maximum atomic E-state index is 12.4. The van der Waals surface area contributed by atoms with Gasteiger partial charge < -0.3 is 20.3 Å². The Kier molecular flexibility index (Phi) is 40.7. The zero-order valence-electron chi connectivity index (χ0n) is 34.5. The Bertz CT molecular complexity index is 813. The van der Waals surface area contributed by atoms with Gasteiger partial charge in [-0.25, -0.2) is 0 Å². The summed E-state index contributed by atoms with van der Waals surface area (Å²) in [4.78, 5) is 24.4. The minimum Gasteiger partial charge on any atom is -0.466 e. The quantitative estimate of drug-likeness (QED) is 0.0330. The minimum atomic E-state index is -0.675. The number of aliphatic hydroxyl groups excluding tert-OH is 2. The zero-order valence-corrected chi connectivity index (χ0v) is 34.5. The highest BCUT2D eigenvalue weighted by atomic mass is 16.5. The van der Waals surface area contributed by atoms with Crippen LogP contribution in [0.1, 0.15) is 232 Å². The van der Waals surface area contributed by atoms with Crippen LogP contribution < -0.4 is 5.32 Å². The normalized spacial score (nSPS) is 12.9. The van der Waals surface area contributed by atoms with Gasteiger partial charge in [-0.3, -0.25) is 9.59 Å². The third-order valence-corrected chi connectivity index (χ3v) is 10.2. The third-order valence-electron chi connectivity index (χ3n) is 10.2. The van der Waals surface area contributed by atoms with E-state index in [1.54, 1.807) is 0 Å². The van der Waals surface area contributed by atoms with Crippen molar-refractivity contribution < 1.29 is 24.5 Å². The van der Waals surface area contributed by atoms with Gasteiger partial charge in [0.2, 0.25) is 5.91 Å². The van der Waals surface area contributed by atoms with Crippen molar-refractivity contribution >= 4 is 11.9 Å². The summed E-state index contributed by atoms with van der Waals surface area (Å²) in [5.74, 6) is -0.0868. The standard InChI is InChI=1S/C46H87NO5/c1-3-5-7-9-11-13-15-16-20-24-28-32-36-40-46(51)52-41-37-33-29-25-21-17-19-23-27-31-35-39-45(50)47-43(42-48)44(49)38-34-30-26-22-18-14-12-10-8-6-4-2/h7,9,13,15,43-44,48-49H,3-6,8,10-12,14,16-42H2,1-2H3,(H,47,50)/b9-7-,15-13-. The molecule has 0 radical (unpaired) electrons. The molecule has 0 rings (SSSR count). The van der Waals surface area contributed by atoms with Crippen LogP contribution in [0, 0.1) is 0 Å². The van der Waals surface area contributed by atoms with Crippen molar-refractivity contribution in [2.24, 2.45) is 0 Å². The highest BCUT2D eigenvalue weighted by Crippen LogP contribution is 2.15. The average molecular weight is 734 g/mol. The topological polar surface area (TPSA) is 95.9 Å². The fourth-order valence-corrected chi connectivity index (χ4v) is 6.73. The molecule has 0 saturated carbocycles. The van der Waals surface area contributed by atoms with Crippen molar-refractivity contribution in [2.45, 2.75) is 244 Å². The van der Waals surface area contributed by atoms with Gasteiger partial charge in [0.25, 0.3) is 0 Å². The number of amides is 1. The van der Waals surface area contributed by atoms with Crippen LogP contribution in [-0.4, -0.2) is 47.4 Å². The van der Waals surface area contributed by atoms with Gasteiger partial charge in [0.1, 0.15) is 0 Å². The van der Waals surface area contributed by atoms with E-state index in [-0.39, 0.29) is 18.5 Å². The predicted octanol–water partition coefficient (Wildman–Crippen LogP) is 12.8. The molecule has 0 aliphatic rings. The molecular formula is C46H87NO5. The molecule has 0 aliphatic carbocycles. The molecule has 2 atom stereocenters. The number of ether oxygens (including phenoxy) is 1. The van der Waals surface area contributed by atoms with Crippen LogP contribution in [0.2, 0.25) is 0 Å². The Morgan fingerprint density at radius 3 is 1.54 bits per heavy atom. The molecule has 0 fully saturated rings. The second-order valence-electron chi connectivity index (χ2n) is 15.4. The SMILES string of the molecule is CCC/C=C\C/C=C\CCCCCCCC(=O)OCCCCCCCCCCCCCC(=O)NC(CO)C(O)CCCCCCCCCCCCC. The van der Waals surface area contributed by atoms with E-state index in [4.69, 9.17) is 4.74 Å². The van der Waals surface area contributed by atoms with Gasteiger partial charge >= 0.3 is 5.97 Å². The van der Waals surface area contributed by atoms with Crippen LogP contribution in [0.5, 0.6) is 0 Å². The van der Waals surface area contributed by atoms with Gasteiger partial charge in [0.15, 0.2) is 0 Å². The molecule has 0 aromatic heterocycles. The second-order valence-corrected chi connectivity index (χ2v) is 15.4. The summed E-state index contributed by atoms with van der Waals surface area (Å²) in [7, 11) is 0. The van der Waals surface area contributed by atoms with E-state index < -0.39 is 12.1 Å². The van der Waals surface area contributed by atoms with E-state index >= 15 is 0 Å². The lowest BCUT2D eigenvalue weighted by Gasteiger charge is -2.22. The Labute approximate surface area is 322 Å². The first-order valence-electron chi connectivity index (χ1n) is 22.6. The highest BCUT2D eigenvalue weighted by molar-refractivity contribution is 5.76. The summed E-state index contributed by atoms with van der Waals surface area (Å²) in [5.41, 5.74) is 0. The second kappa shape index (κ2) is 42.1. The lowest BCUT2D eigenvalue weighted by molar-refractivity contribution is -0.143. The van der Waals surface area contributed by atoms with E-state index in [9.17, 15) is 19.8 Å². The average Bonchev–Trinajstić information content (AvgIpc) is 3.14. The van der Waals surface area contributed by atoms with Gasteiger partial charge in [-0.15, -0.1) is 0 Å². The molecule has 0 bridgehead atoms. The fourth-order valence-electron chi connectivity index (χ4n) is 6.73. The van der Waals surface area contributed by atoms with E-state index in [1.165, 1.54) is 128 Å². The molecule has 0 spiro atoms. The first-order chi connectivity index (χ1) is 25.5. The first-order valence-corrected chi connectivity index (χ1v) is 22.6. The summed E-state index contributed by atoms with van der Waals surface area (Å²) in [6.45, 7) is 4.82. The number of carbonyl (C=O) groups is 2. The molecule has 0 aromatic carbocycles. The van der Waals surface area contributed by atoms with Gasteiger partial charge in [-0.1, -0.05) is 192 Å². The lowest BCUT2D eigenvalue weighted by atomic mass is 10.0. The maximum Gasteiger partial charge on any atom is 0.305 e. The summed E-state index contributed by atoms with van der Waals surface area (Å²) >= 11 is 0. The number of nitrogens with one attached hydrogen (secondary N) is 1. The van der Waals surface area contributed by atoms with Gasteiger partial charge in [0.05, 0.1) is 25.4 Å². The Hall–Kier alpha value is -1.66. The summed E-state index contributed by atoms with van der Waals surface area (Å²) < 4.78 is 5.43. The highest BCUT2D eigenvalue weighted by Gasteiger charge is 2.20. The van der Waals surface area contributed by atoms with Crippen molar-refractivity contribution in [1.82, 2.24) is 5.32 Å². The molecule has 52 heavy (non-hydrogen) atoms. The van der Waals surface area contributed by atoms with Crippen LogP contribution in [0.4, 0.5) is 0 Å². The van der Waals surface area contributed by atoms with Crippen molar-refractivity contribution in [3.05, 3.63) is 24.3 Å². The van der Waals surface area contributed by atoms with Crippen molar-refractivity contribution in [1.29, 1.82) is 0 Å². The minimum absolute atomic E-state index is 0.0298. The summed E-state index contributed by atoms with van der Waals surface area (Å²) in [6, 6.07) is -0.554. The van der Waals surface area contributed by atoms with Crippen LogP contribution in [-0.2, 0) is 14.3 Å². The molecule has 1 amide bonds. The van der Waals surface area contributed by atoms with Crippen molar-refractivity contribution in [3.63, 3.8) is 0 Å². The van der Waals surface area contributed by atoms with Crippen LogP contribution in [0.25, 0.3) is 0 Å². The smallest absolute Gasteiger partial charge is 0.305 e. The Morgan fingerprint density at radius 1 is 0.538 bits per heavy atom. The predicted molar refractivity (Wildman–Crippen MR) is 223 cm³/mol. The molecule has 0 aromatic rings. The Morgan fingerprint density at radius 2 is 1.00 bits per heavy atom. The number of rotatable bonds is 41. The first kappa shape index (κ1) is 50.3. The van der Waals surface area contributed by atoms with Gasteiger partial charge in [0, 0.05) is 12.8 Å². The van der Waals surface area contributed by atoms with Crippen LogP contribution in [0.3, 0.4) is 0 Å². The Balaban J connectivity index is 3.49. The van der Waals surface area contributed by atoms with Gasteiger partial charge in [-0.05, 0) is 51.4 Å². The molecular weight excluding hydrogens is 647 g/mol. The number of unbranched alkanes of at least 4 members (excludes halogenated alkanes) is 26. The number of aliphatic hydroxyl groups is 2. The number of esters is 1. The lowest BCUT2D eigenvalue weighted by Crippen LogP contribution is -2.45. The number of allylic oxidation sites excluding steroid dienone is 4. The van der Waals surface area contributed by atoms with E-state index in [0.29, 0.717) is 25.9 Å². The number of hydrogen-bond acceptors (Lipinski definition) is 5. The van der Waals surface area contributed by atoms with Crippen LogP contribution >= 0.6 is 0 Å². The molecule has 2 unspecified atom stereocenters. The molecule has 0 aliphatic heterocycles. The monoisotopic (exact) mass is 734 g/mol. The zero-order chi connectivity index (χ0) is 38.0. The maximum absolute atomic E-state index is 12.4. The fraction of sp³-hybridized carbons (Fsp3) is 0.870. The van der Waals surface area contributed by atoms with E-state index in [2.05, 4.69) is 43.5 Å². The third kappa shape index (κ3) is 38.1. The number of hydrogen-bond donors (Lipinski definition) is 3. The van der Waals surface area contributed by atoms with Crippen molar-refractivity contribution in [2.75, 3.05) is 13.2 Å². The molecule has 0 heterocycles.